The van der Waals surface area contributed by atoms with Gasteiger partial charge in [0.05, 0.1) is 0 Å². The van der Waals surface area contributed by atoms with Crippen molar-refractivity contribution in [3.05, 3.63) is 49.9 Å². The van der Waals surface area contributed by atoms with Crippen molar-refractivity contribution in [3.63, 3.8) is 0 Å². The predicted molar refractivity (Wildman–Crippen MR) is 40.8 cm³/mol. The molecule has 0 aliphatic rings. The van der Waals surface area contributed by atoms with Crippen LogP contribution in [0.3, 0.4) is 0 Å². The lowest BCUT2D eigenvalue weighted by Gasteiger charge is -1.85. The number of hydrogen-bond donors (Lipinski definition) is 0. The minimum absolute atomic E-state index is 0. The second-order valence-electron chi connectivity index (χ2n) is 1.61. The van der Waals surface area contributed by atoms with Gasteiger partial charge in [-0.3, -0.25) is 0 Å². The Hall–Kier alpha value is -1.04. The van der Waals surface area contributed by atoms with Crippen molar-refractivity contribution in [2.75, 3.05) is 0 Å². The zero-order valence-corrected chi connectivity index (χ0v) is 5.25. The maximum absolute atomic E-state index is 3.63. The Kier molecular flexibility index (Phi) is 3.45. The summed E-state index contributed by atoms with van der Waals surface area (Å²) in [7, 11) is 0. The van der Waals surface area contributed by atoms with Crippen LogP contribution in [0.5, 0.6) is 0 Å². The molecule has 9 heavy (non-hydrogen) atoms. The molecule has 0 N–H and O–H groups in total. The minimum Gasteiger partial charge on any atom is -0.0985 e. The van der Waals surface area contributed by atoms with E-state index in [0.29, 0.717) is 0 Å². The molecular formula is C9H9. The van der Waals surface area contributed by atoms with Crippen LogP contribution in [0.2, 0.25) is 0 Å². The van der Waals surface area contributed by atoms with Gasteiger partial charge in [0.25, 0.3) is 0 Å². The van der Waals surface area contributed by atoms with Crippen LogP contribution in [0.1, 0.15) is 5.56 Å². The highest BCUT2D eigenvalue weighted by Gasteiger charge is 1.75. The van der Waals surface area contributed by atoms with Gasteiger partial charge in [0.1, 0.15) is 0 Å². The lowest BCUT2D eigenvalue weighted by atomic mass is 10.2. The fourth-order valence-electron chi connectivity index (χ4n) is 0.589. The predicted octanol–water partition coefficient (Wildman–Crippen LogP) is 2.53. The van der Waals surface area contributed by atoms with Gasteiger partial charge in [0.15, 0.2) is 0 Å². The molecule has 0 fully saturated rings. The smallest absolute Gasteiger partial charge is 0.0263 e. The topological polar surface area (TPSA) is 0 Å². The molecule has 0 bridgehead atoms. The first-order valence-corrected chi connectivity index (χ1v) is 2.61. The second-order valence-corrected chi connectivity index (χ2v) is 1.61. The van der Waals surface area contributed by atoms with Crippen molar-refractivity contribution >= 4 is 6.08 Å². The van der Waals surface area contributed by atoms with Gasteiger partial charge < -0.3 is 0 Å². The first kappa shape index (κ1) is 7.96. The van der Waals surface area contributed by atoms with Crippen molar-refractivity contribution in [2.45, 2.75) is 0 Å². The van der Waals surface area contributed by atoms with E-state index < -0.39 is 0 Å². The van der Waals surface area contributed by atoms with Gasteiger partial charge in [0, 0.05) is 0 Å². The normalized spacial score (nSPS) is 7.56. The van der Waals surface area contributed by atoms with Gasteiger partial charge in [-0.05, 0) is 13.0 Å². The van der Waals surface area contributed by atoms with E-state index in [2.05, 4.69) is 6.58 Å². The molecular weight excluding hydrogens is 108 g/mol. The molecule has 0 nitrogen and oxygen atoms in total. The Balaban J connectivity index is 0.000000640. The van der Waals surface area contributed by atoms with Crippen molar-refractivity contribution in [2.24, 2.45) is 0 Å². The van der Waals surface area contributed by atoms with Crippen LogP contribution in [-0.4, -0.2) is 0 Å². The highest BCUT2D eigenvalue weighted by molar-refractivity contribution is 5.45. The molecule has 0 aliphatic heterocycles. The minimum atomic E-state index is 0. The van der Waals surface area contributed by atoms with Crippen LogP contribution in [0.25, 0.3) is 6.08 Å². The van der Waals surface area contributed by atoms with Gasteiger partial charge >= 0.3 is 0 Å². The van der Waals surface area contributed by atoms with Crippen molar-refractivity contribution in [3.8, 4) is 0 Å². The molecule has 0 unspecified atom stereocenters. The zero-order valence-electron chi connectivity index (χ0n) is 5.25. The zero-order chi connectivity index (χ0) is 5.82. The summed E-state index contributed by atoms with van der Waals surface area (Å²) >= 11 is 0. The molecule has 0 saturated heterocycles. The van der Waals surface area contributed by atoms with E-state index in [4.69, 9.17) is 0 Å². The molecule has 0 heteroatoms. The van der Waals surface area contributed by atoms with E-state index in [9.17, 15) is 0 Å². The van der Waals surface area contributed by atoms with E-state index in [1.807, 2.05) is 36.4 Å². The quantitative estimate of drug-likeness (QED) is 0.530. The summed E-state index contributed by atoms with van der Waals surface area (Å²) in [6, 6.07) is 10.0. The Bertz CT molecular complexity index is 163. The average Bonchev–Trinajstić information content (AvgIpc) is 1.90. The monoisotopic (exact) mass is 117 g/mol. The molecule has 0 atom stereocenters. The first-order valence-electron chi connectivity index (χ1n) is 2.61. The third kappa shape index (κ3) is 2.13. The fourth-order valence-corrected chi connectivity index (χ4v) is 0.589. The summed E-state index contributed by atoms with van der Waals surface area (Å²) < 4.78 is 0. The van der Waals surface area contributed by atoms with Crippen molar-refractivity contribution in [1.82, 2.24) is 0 Å². The molecule has 0 saturated carbocycles. The Morgan fingerprint density at radius 1 is 1.11 bits per heavy atom. The summed E-state index contributed by atoms with van der Waals surface area (Å²) in [4.78, 5) is 0. The third-order valence-corrected chi connectivity index (χ3v) is 1.04. The standard InChI is InChI=1S/C8H8.CH/c1-2-8-6-4-3-5-7-8;/h2-7H,1H2;1H. The van der Waals surface area contributed by atoms with E-state index in [0.717, 1.165) is 0 Å². The van der Waals surface area contributed by atoms with Crippen LogP contribution in [-0.2, 0) is 0 Å². The van der Waals surface area contributed by atoms with Crippen molar-refractivity contribution in [1.29, 1.82) is 0 Å². The Morgan fingerprint density at radius 3 is 2.00 bits per heavy atom. The highest BCUT2D eigenvalue weighted by Crippen LogP contribution is 1.97. The number of benzene rings is 1. The van der Waals surface area contributed by atoms with Gasteiger partial charge in [-0.1, -0.05) is 43.0 Å². The molecule has 1 rings (SSSR count). The lowest BCUT2D eigenvalue weighted by Crippen LogP contribution is -1.63. The third-order valence-electron chi connectivity index (χ3n) is 1.04. The van der Waals surface area contributed by atoms with Gasteiger partial charge in [-0.2, -0.15) is 0 Å². The van der Waals surface area contributed by atoms with Gasteiger partial charge in [0.2, 0.25) is 0 Å². The van der Waals surface area contributed by atoms with Crippen LogP contribution in [0.15, 0.2) is 36.9 Å². The molecule has 3 radical (unpaired) electrons. The van der Waals surface area contributed by atoms with E-state index in [1.54, 1.807) is 0 Å². The van der Waals surface area contributed by atoms with E-state index >= 15 is 0 Å². The molecule has 0 aromatic heterocycles. The number of hydrogen-bond acceptors (Lipinski definition) is 0. The molecule has 45 valence electrons. The van der Waals surface area contributed by atoms with Crippen LogP contribution >= 0.6 is 0 Å². The average molecular weight is 117 g/mol. The summed E-state index contributed by atoms with van der Waals surface area (Å²) in [5, 5.41) is 0. The summed E-state index contributed by atoms with van der Waals surface area (Å²) in [6.45, 7) is 3.63. The van der Waals surface area contributed by atoms with Crippen LogP contribution in [0.4, 0.5) is 0 Å². The molecule has 0 spiro atoms. The SMILES string of the molecule is C=Cc1ccccc1.[CH]. The largest absolute Gasteiger partial charge is 0.0985 e. The molecule has 1 aromatic rings. The Morgan fingerprint density at radius 2 is 1.67 bits per heavy atom. The van der Waals surface area contributed by atoms with Crippen molar-refractivity contribution < 1.29 is 0 Å². The fraction of sp³-hybridized carbons (Fsp3) is 0. The van der Waals surface area contributed by atoms with Gasteiger partial charge in [-0.15, -0.1) is 0 Å². The maximum Gasteiger partial charge on any atom is -0.0263 e. The van der Waals surface area contributed by atoms with E-state index in [-0.39, 0.29) is 7.43 Å². The van der Waals surface area contributed by atoms with Gasteiger partial charge in [-0.25, -0.2) is 0 Å². The molecule has 1 aromatic carbocycles. The van der Waals surface area contributed by atoms with E-state index in [1.165, 1.54) is 5.56 Å². The van der Waals surface area contributed by atoms with Crippen LogP contribution < -0.4 is 0 Å². The summed E-state index contributed by atoms with van der Waals surface area (Å²) in [6.07, 6.45) is 1.83. The molecule has 0 aliphatic carbocycles. The molecule has 0 heterocycles. The summed E-state index contributed by atoms with van der Waals surface area (Å²) in [5.41, 5.74) is 1.17. The maximum atomic E-state index is 3.63. The van der Waals surface area contributed by atoms with Crippen LogP contribution in [0, 0.1) is 7.43 Å². The molecule has 0 amide bonds. The second kappa shape index (κ2) is 3.90. The first-order chi connectivity index (χ1) is 3.93. The lowest BCUT2D eigenvalue weighted by molar-refractivity contribution is 1.67. The summed E-state index contributed by atoms with van der Waals surface area (Å²) in [5.74, 6) is 0. The highest BCUT2D eigenvalue weighted by atomic mass is 13.8. The number of rotatable bonds is 1. The Labute approximate surface area is 56.8 Å².